The molecule has 18 heavy (non-hydrogen) atoms. The molecule has 0 aromatic heterocycles. The Morgan fingerprint density at radius 2 is 1.17 bits per heavy atom. The zero-order valence-corrected chi connectivity index (χ0v) is 13.2. The minimum atomic E-state index is -0.0290. The lowest BCUT2D eigenvalue weighted by Gasteiger charge is -2.39. The maximum atomic E-state index is 6.25. The van der Waals surface area contributed by atoms with Crippen LogP contribution in [0.15, 0.2) is 0 Å². The summed E-state index contributed by atoms with van der Waals surface area (Å²) in [5.74, 6) is 0.874. The van der Waals surface area contributed by atoms with Crippen molar-refractivity contribution in [3.63, 3.8) is 0 Å². The first-order valence-corrected chi connectivity index (χ1v) is 8.10. The first-order valence-electron chi connectivity index (χ1n) is 8.10. The highest BCUT2D eigenvalue weighted by molar-refractivity contribution is 4.87. The predicted molar refractivity (Wildman–Crippen MR) is 81.7 cm³/mol. The third-order valence-corrected chi connectivity index (χ3v) is 4.62. The normalized spacial score (nSPS) is 21.8. The molecule has 1 rings (SSSR count). The van der Waals surface area contributed by atoms with E-state index in [1.54, 1.807) is 0 Å². The van der Waals surface area contributed by atoms with E-state index in [0.717, 1.165) is 12.3 Å². The van der Waals surface area contributed by atoms with Gasteiger partial charge >= 0.3 is 0 Å². The molecule has 1 aliphatic rings. The summed E-state index contributed by atoms with van der Waals surface area (Å²) in [6.07, 6.45) is 14.1. The van der Waals surface area contributed by atoms with Gasteiger partial charge in [0.15, 0.2) is 0 Å². The standard InChI is InChI=1S/C17H35N/c1-16(2,14-17(3,4)18)15-12-10-8-6-5-7-9-11-13-15/h15H,5-14,18H2,1-4H3. The Morgan fingerprint density at radius 3 is 1.56 bits per heavy atom. The van der Waals surface area contributed by atoms with Gasteiger partial charge in [0.2, 0.25) is 0 Å². The van der Waals surface area contributed by atoms with Gasteiger partial charge in [0.1, 0.15) is 0 Å². The van der Waals surface area contributed by atoms with Gasteiger partial charge in [0, 0.05) is 5.54 Å². The van der Waals surface area contributed by atoms with E-state index in [0.29, 0.717) is 5.41 Å². The van der Waals surface area contributed by atoms with Crippen LogP contribution >= 0.6 is 0 Å². The zero-order chi connectivity index (χ0) is 13.6. The van der Waals surface area contributed by atoms with Gasteiger partial charge in [0.25, 0.3) is 0 Å². The van der Waals surface area contributed by atoms with Crippen LogP contribution in [0, 0.1) is 11.3 Å². The Hall–Kier alpha value is -0.0400. The van der Waals surface area contributed by atoms with Crippen molar-refractivity contribution in [1.29, 1.82) is 0 Å². The van der Waals surface area contributed by atoms with Crippen LogP contribution < -0.4 is 5.73 Å². The Kier molecular flexibility index (Phi) is 6.17. The first-order chi connectivity index (χ1) is 8.31. The second-order valence-corrected chi connectivity index (χ2v) is 7.90. The Morgan fingerprint density at radius 1 is 0.778 bits per heavy atom. The van der Waals surface area contributed by atoms with E-state index in [9.17, 15) is 0 Å². The van der Waals surface area contributed by atoms with Gasteiger partial charge in [-0.2, -0.15) is 0 Å². The molecule has 1 saturated carbocycles. The minimum Gasteiger partial charge on any atom is -0.326 e. The van der Waals surface area contributed by atoms with Crippen LogP contribution in [-0.4, -0.2) is 5.54 Å². The van der Waals surface area contributed by atoms with E-state index in [1.165, 1.54) is 57.8 Å². The van der Waals surface area contributed by atoms with Gasteiger partial charge in [-0.25, -0.2) is 0 Å². The molecule has 0 saturated heterocycles. The Bertz CT molecular complexity index is 214. The SMILES string of the molecule is CC(C)(N)CC(C)(C)C1CCCCCCCCC1. The highest BCUT2D eigenvalue weighted by Crippen LogP contribution is 2.40. The maximum Gasteiger partial charge on any atom is 0.0102 e. The van der Waals surface area contributed by atoms with E-state index in [4.69, 9.17) is 5.73 Å². The van der Waals surface area contributed by atoms with Crippen molar-refractivity contribution in [1.82, 2.24) is 0 Å². The van der Waals surface area contributed by atoms with Crippen molar-refractivity contribution in [3.05, 3.63) is 0 Å². The highest BCUT2D eigenvalue weighted by Gasteiger charge is 2.33. The molecule has 1 heteroatoms. The summed E-state index contributed by atoms with van der Waals surface area (Å²) in [7, 11) is 0. The van der Waals surface area contributed by atoms with Gasteiger partial charge in [-0.15, -0.1) is 0 Å². The van der Waals surface area contributed by atoms with Gasteiger partial charge in [-0.05, 0) is 44.4 Å². The number of hydrogen-bond acceptors (Lipinski definition) is 1. The largest absolute Gasteiger partial charge is 0.326 e. The summed E-state index contributed by atoms with van der Waals surface area (Å²) in [5.41, 5.74) is 6.63. The summed E-state index contributed by atoms with van der Waals surface area (Å²) in [6.45, 7) is 9.24. The third kappa shape index (κ3) is 6.22. The summed E-state index contributed by atoms with van der Waals surface area (Å²) in [6, 6.07) is 0. The molecule has 0 aliphatic heterocycles. The fourth-order valence-corrected chi connectivity index (χ4v) is 3.91. The van der Waals surface area contributed by atoms with Gasteiger partial charge in [-0.1, -0.05) is 58.8 Å². The van der Waals surface area contributed by atoms with Crippen molar-refractivity contribution in [3.8, 4) is 0 Å². The molecule has 1 nitrogen and oxygen atoms in total. The molecule has 0 aromatic carbocycles. The molecule has 0 atom stereocenters. The molecule has 0 unspecified atom stereocenters. The Balaban J connectivity index is 2.57. The molecule has 0 spiro atoms. The number of rotatable bonds is 3. The first kappa shape index (κ1) is 16.0. The molecule has 108 valence electrons. The average molecular weight is 253 g/mol. The molecule has 0 heterocycles. The average Bonchev–Trinajstić information content (AvgIpc) is 2.22. The van der Waals surface area contributed by atoms with Crippen LogP contribution in [-0.2, 0) is 0 Å². The molecule has 0 bridgehead atoms. The lowest BCUT2D eigenvalue weighted by molar-refractivity contribution is 0.132. The van der Waals surface area contributed by atoms with Crippen LogP contribution in [0.25, 0.3) is 0 Å². The van der Waals surface area contributed by atoms with Crippen molar-refractivity contribution in [2.45, 2.75) is 97.4 Å². The van der Waals surface area contributed by atoms with E-state index in [2.05, 4.69) is 27.7 Å². The predicted octanol–water partition coefficient (Wildman–Crippen LogP) is 5.28. The smallest absolute Gasteiger partial charge is 0.0102 e. The highest BCUT2D eigenvalue weighted by atomic mass is 14.7. The molecular formula is C17H35N. The van der Waals surface area contributed by atoms with E-state index < -0.39 is 0 Å². The summed E-state index contributed by atoms with van der Waals surface area (Å²) < 4.78 is 0. The van der Waals surface area contributed by atoms with Crippen LogP contribution in [0.5, 0.6) is 0 Å². The topological polar surface area (TPSA) is 26.0 Å². The summed E-state index contributed by atoms with van der Waals surface area (Å²) in [4.78, 5) is 0. The van der Waals surface area contributed by atoms with Crippen LogP contribution in [0.2, 0.25) is 0 Å². The number of hydrogen-bond donors (Lipinski definition) is 1. The lowest BCUT2D eigenvalue weighted by atomic mass is 9.67. The van der Waals surface area contributed by atoms with Crippen molar-refractivity contribution < 1.29 is 0 Å². The third-order valence-electron chi connectivity index (χ3n) is 4.62. The fourth-order valence-electron chi connectivity index (χ4n) is 3.91. The molecule has 2 N–H and O–H groups in total. The molecular weight excluding hydrogens is 218 g/mol. The van der Waals surface area contributed by atoms with Gasteiger partial charge < -0.3 is 5.73 Å². The van der Waals surface area contributed by atoms with Crippen molar-refractivity contribution in [2.24, 2.45) is 17.1 Å². The second kappa shape index (κ2) is 6.93. The van der Waals surface area contributed by atoms with Crippen LogP contribution in [0.1, 0.15) is 91.9 Å². The quantitative estimate of drug-likeness (QED) is 0.727. The van der Waals surface area contributed by atoms with E-state index >= 15 is 0 Å². The van der Waals surface area contributed by atoms with Crippen molar-refractivity contribution >= 4 is 0 Å². The molecule has 1 fully saturated rings. The van der Waals surface area contributed by atoms with Gasteiger partial charge in [-0.3, -0.25) is 0 Å². The van der Waals surface area contributed by atoms with Crippen LogP contribution in [0.3, 0.4) is 0 Å². The van der Waals surface area contributed by atoms with Crippen molar-refractivity contribution in [2.75, 3.05) is 0 Å². The maximum absolute atomic E-state index is 6.25. The summed E-state index contributed by atoms with van der Waals surface area (Å²) in [5, 5.41) is 0. The molecule has 0 aromatic rings. The molecule has 0 radical (unpaired) electrons. The Labute approximate surface area is 115 Å². The fraction of sp³-hybridized carbons (Fsp3) is 1.00. The monoisotopic (exact) mass is 253 g/mol. The molecule has 0 amide bonds. The lowest BCUT2D eigenvalue weighted by Crippen LogP contribution is -2.40. The van der Waals surface area contributed by atoms with E-state index in [1.807, 2.05) is 0 Å². The summed E-state index contributed by atoms with van der Waals surface area (Å²) >= 11 is 0. The number of nitrogens with two attached hydrogens (primary N) is 1. The van der Waals surface area contributed by atoms with Gasteiger partial charge in [0.05, 0.1) is 0 Å². The molecule has 1 aliphatic carbocycles. The zero-order valence-electron chi connectivity index (χ0n) is 13.2. The van der Waals surface area contributed by atoms with Crippen LogP contribution in [0.4, 0.5) is 0 Å². The van der Waals surface area contributed by atoms with E-state index in [-0.39, 0.29) is 5.54 Å². The second-order valence-electron chi connectivity index (χ2n) is 7.90. The minimum absolute atomic E-state index is 0.0290.